The highest BCUT2D eigenvalue weighted by Crippen LogP contribution is 2.18. The third kappa shape index (κ3) is 1.72. The Morgan fingerprint density at radius 2 is 1.93 bits per heavy atom. The van der Waals surface area contributed by atoms with Gasteiger partial charge in [-0.15, -0.1) is 0 Å². The Morgan fingerprint density at radius 1 is 1.21 bits per heavy atom. The largest absolute Gasteiger partial charge is 0.457 e. The molecule has 0 bridgehead atoms. The molecule has 0 radical (unpaired) electrons. The number of esters is 1. The lowest BCUT2D eigenvalue weighted by Gasteiger charge is -2.13. The highest BCUT2D eigenvalue weighted by molar-refractivity contribution is 7.82. The van der Waals surface area contributed by atoms with Gasteiger partial charge in [-0.1, -0.05) is 42.5 Å². The molecular formula is C11H8O2S. The number of hydrogen-bond acceptors (Lipinski definition) is 3. The van der Waals surface area contributed by atoms with E-state index >= 15 is 0 Å². The van der Waals surface area contributed by atoms with E-state index in [4.69, 9.17) is 17.0 Å². The molecule has 0 saturated carbocycles. The first-order valence-electron chi connectivity index (χ1n) is 4.24. The van der Waals surface area contributed by atoms with Gasteiger partial charge in [-0.2, -0.15) is 0 Å². The maximum atomic E-state index is 11.0. The van der Waals surface area contributed by atoms with Gasteiger partial charge in [0.2, 0.25) is 0 Å². The Bertz CT molecular complexity index is 407. The molecule has 1 aromatic carbocycles. The number of ether oxygens (including phenoxy) is 1. The second kappa shape index (κ2) is 3.72. The van der Waals surface area contributed by atoms with Crippen molar-refractivity contribution in [2.45, 2.75) is 0 Å². The van der Waals surface area contributed by atoms with Crippen molar-refractivity contribution in [3.63, 3.8) is 0 Å². The van der Waals surface area contributed by atoms with E-state index in [1.807, 2.05) is 30.3 Å². The normalized spacial score (nSPS) is 16.1. The van der Waals surface area contributed by atoms with Gasteiger partial charge in [-0.3, -0.25) is 0 Å². The third-order valence-corrected chi connectivity index (χ3v) is 2.29. The van der Waals surface area contributed by atoms with Crippen LogP contribution in [0.3, 0.4) is 0 Å². The number of thiocarbonyl (C=S) groups is 1. The van der Waals surface area contributed by atoms with E-state index in [0.29, 0.717) is 6.61 Å². The molecule has 0 fully saturated rings. The van der Waals surface area contributed by atoms with Gasteiger partial charge < -0.3 is 4.74 Å². The van der Waals surface area contributed by atoms with E-state index in [9.17, 15) is 4.79 Å². The van der Waals surface area contributed by atoms with Crippen LogP contribution in [-0.4, -0.2) is 17.4 Å². The van der Waals surface area contributed by atoms with Crippen LogP contribution in [0, 0.1) is 0 Å². The second-order valence-electron chi connectivity index (χ2n) is 2.98. The van der Waals surface area contributed by atoms with Gasteiger partial charge in [-0.25, -0.2) is 4.79 Å². The molecular weight excluding hydrogens is 196 g/mol. The summed E-state index contributed by atoms with van der Waals surface area (Å²) in [5.74, 6) is -0.403. The van der Waals surface area contributed by atoms with Crippen LogP contribution < -0.4 is 0 Å². The minimum Gasteiger partial charge on any atom is -0.457 e. The Morgan fingerprint density at radius 3 is 2.57 bits per heavy atom. The SMILES string of the molecule is O=C1OCC(c2ccccc2)=CC1=S. The Labute approximate surface area is 87.2 Å². The lowest BCUT2D eigenvalue weighted by molar-refractivity contribution is -0.134. The van der Waals surface area contributed by atoms with E-state index in [0.717, 1.165) is 11.1 Å². The summed E-state index contributed by atoms with van der Waals surface area (Å²) in [6.45, 7) is 0.309. The molecule has 3 heteroatoms. The number of carbonyl (C=O) groups excluding carboxylic acids is 1. The highest BCUT2D eigenvalue weighted by Gasteiger charge is 2.17. The molecule has 0 N–H and O–H groups in total. The van der Waals surface area contributed by atoms with E-state index < -0.39 is 5.97 Å². The molecule has 2 rings (SSSR count). The molecule has 0 aromatic heterocycles. The van der Waals surface area contributed by atoms with E-state index in [1.54, 1.807) is 6.08 Å². The monoisotopic (exact) mass is 204 g/mol. The summed E-state index contributed by atoms with van der Waals surface area (Å²) in [5, 5.41) is 0. The molecule has 0 amide bonds. The van der Waals surface area contributed by atoms with Gasteiger partial charge in [0, 0.05) is 0 Å². The first-order chi connectivity index (χ1) is 6.77. The van der Waals surface area contributed by atoms with E-state index in [2.05, 4.69) is 0 Å². The van der Waals surface area contributed by atoms with Crippen molar-refractivity contribution in [2.24, 2.45) is 0 Å². The molecule has 1 aromatic rings. The smallest absolute Gasteiger partial charge is 0.349 e. The van der Waals surface area contributed by atoms with Gasteiger partial charge in [0.05, 0.1) is 0 Å². The van der Waals surface area contributed by atoms with Crippen LogP contribution in [0.15, 0.2) is 36.4 Å². The molecule has 1 heterocycles. The Balaban J connectivity index is 2.33. The predicted molar refractivity (Wildman–Crippen MR) is 58.0 cm³/mol. The van der Waals surface area contributed by atoms with Gasteiger partial charge >= 0.3 is 5.97 Å². The molecule has 0 unspecified atom stereocenters. The summed E-state index contributed by atoms with van der Waals surface area (Å²) in [4.78, 5) is 11.2. The Hall–Kier alpha value is -1.48. The number of hydrogen-bond donors (Lipinski definition) is 0. The number of benzene rings is 1. The zero-order valence-electron chi connectivity index (χ0n) is 7.40. The predicted octanol–water partition coefficient (Wildman–Crippen LogP) is 2.00. The fraction of sp³-hybridized carbons (Fsp3) is 0.0909. The first-order valence-corrected chi connectivity index (χ1v) is 4.65. The standard InChI is InChI=1S/C11H8O2S/c12-11-10(14)6-9(7-13-11)8-4-2-1-3-5-8/h1-6H,7H2. The first kappa shape index (κ1) is 9.09. The molecule has 14 heavy (non-hydrogen) atoms. The molecule has 2 nitrogen and oxygen atoms in total. The number of rotatable bonds is 1. The summed E-state index contributed by atoms with van der Waals surface area (Å²) < 4.78 is 4.91. The molecule has 1 aliphatic heterocycles. The lowest BCUT2D eigenvalue weighted by atomic mass is 10.0. The summed E-state index contributed by atoms with van der Waals surface area (Å²) in [5.41, 5.74) is 2.00. The van der Waals surface area contributed by atoms with Crippen molar-refractivity contribution in [1.29, 1.82) is 0 Å². The highest BCUT2D eigenvalue weighted by atomic mass is 32.1. The molecule has 0 spiro atoms. The fourth-order valence-corrected chi connectivity index (χ4v) is 1.49. The summed E-state index contributed by atoms with van der Waals surface area (Å²) in [6, 6.07) is 9.75. The maximum Gasteiger partial charge on any atom is 0.349 e. The van der Waals surface area contributed by atoms with Crippen LogP contribution in [0.4, 0.5) is 0 Å². The second-order valence-corrected chi connectivity index (χ2v) is 3.42. The molecule has 1 aliphatic rings. The average molecular weight is 204 g/mol. The van der Waals surface area contributed by atoms with Crippen molar-refractivity contribution >= 4 is 28.6 Å². The van der Waals surface area contributed by atoms with Crippen molar-refractivity contribution in [3.8, 4) is 0 Å². The van der Waals surface area contributed by atoms with E-state index in [1.165, 1.54) is 0 Å². The van der Waals surface area contributed by atoms with Crippen molar-refractivity contribution in [2.75, 3.05) is 6.61 Å². The maximum absolute atomic E-state index is 11.0. The minimum atomic E-state index is -0.403. The van der Waals surface area contributed by atoms with Crippen molar-refractivity contribution in [3.05, 3.63) is 42.0 Å². The van der Waals surface area contributed by atoms with E-state index in [-0.39, 0.29) is 4.86 Å². The van der Waals surface area contributed by atoms with Crippen molar-refractivity contribution < 1.29 is 9.53 Å². The number of carbonyl (C=O) groups is 1. The van der Waals surface area contributed by atoms with Gasteiger partial charge in [0.15, 0.2) is 0 Å². The molecule has 0 saturated heterocycles. The van der Waals surface area contributed by atoms with Gasteiger partial charge in [0.1, 0.15) is 11.5 Å². The lowest BCUT2D eigenvalue weighted by Crippen LogP contribution is -2.20. The minimum absolute atomic E-state index is 0.245. The average Bonchev–Trinajstić information content (AvgIpc) is 2.23. The van der Waals surface area contributed by atoms with Crippen LogP contribution in [0.2, 0.25) is 0 Å². The molecule has 0 aliphatic carbocycles. The van der Waals surface area contributed by atoms with Crippen LogP contribution in [-0.2, 0) is 9.53 Å². The van der Waals surface area contributed by atoms with Crippen LogP contribution in [0.25, 0.3) is 5.57 Å². The van der Waals surface area contributed by atoms with Crippen molar-refractivity contribution in [1.82, 2.24) is 0 Å². The fourth-order valence-electron chi connectivity index (χ4n) is 1.29. The number of cyclic esters (lactones) is 1. The summed E-state index contributed by atoms with van der Waals surface area (Å²) >= 11 is 4.85. The summed E-state index contributed by atoms with van der Waals surface area (Å²) in [7, 11) is 0. The zero-order chi connectivity index (χ0) is 9.97. The topological polar surface area (TPSA) is 26.3 Å². The van der Waals surface area contributed by atoms with Gasteiger partial charge in [-0.05, 0) is 17.2 Å². The quantitative estimate of drug-likeness (QED) is 0.517. The third-order valence-electron chi connectivity index (χ3n) is 2.01. The zero-order valence-corrected chi connectivity index (χ0v) is 8.21. The Kier molecular flexibility index (Phi) is 2.41. The van der Waals surface area contributed by atoms with Crippen LogP contribution in [0.1, 0.15) is 5.56 Å². The van der Waals surface area contributed by atoms with Crippen LogP contribution in [0.5, 0.6) is 0 Å². The summed E-state index contributed by atoms with van der Waals surface area (Å²) in [6.07, 6.45) is 1.70. The van der Waals surface area contributed by atoms with Crippen LogP contribution >= 0.6 is 12.2 Å². The van der Waals surface area contributed by atoms with Gasteiger partial charge in [0.25, 0.3) is 0 Å². The molecule has 70 valence electrons. The molecule has 0 atom stereocenters.